The van der Waals surface area contributed by atoms with E-state index in [2.05, 4.69) is 46.6 Å². The van der Waals surface area contributed by atoms with Crippen molar-refractivity contribution >= 4 is 94.7 Å². The smallest absolute Gasteiger partial charge is 0.322 e. The number of carbonyl (C=O) groups excluding carboxylic acids is 2. The Labute approximate surface area is 333 Å². The number of carboxylic acid groups (broad SMARTS) is 1. The molecule has 22 heteroatoms. The van der Waals surface area contributed by atoms with Crippen LogP contribution in [0, 0.1) is 0 Å². The number of para-hydroxylation sites is 1. The van der Waals surface area contributed by atoms with E-state index in [1.807, 2.05) is 0 Å². The number of hydrogen-bond acceptors (Lipinski definition) is 16. The number of aromatic nitrogens is 2. The summed E-state index contributed by atoms with van der Waals surface area (Å²) >= 11 is 0. The number of carboxylic acids is 1. The van der Waals surface area contributed by atoms with Crippen molar-refractivity contribution in [2.45, 2.75) is 4.90 Å². The topological polar surface area (TPSA) is 320 Å². The van der Waals surface area contributed by atoms with Gasteiger partial charge in [-0.05, 0) is 84.5 Å². The number of ketones is 2. The summed E-state index contributed by atoms with van der Waals surface area (Å²) in [6.45, 7) is -0.410. The molecule has 2 aliphatic rings. The summed E-state index contributed by atoms with van der Waals surface area (Å²) < 4.78 is 69.6. The molecule has 20 nitrogen and oxygen atoms in total. The molecule has 5 aromatic rings. The first-order valence-corrected chi connectivity index (χ1v) is 19.8. The van der Waals surface area contributed by atoms with E-state index in [1.165, 1.54) is 30.4 Å². The lowest BCUT2D eigenvalue weighted by atomic mass is 9.92. The van der Waals surface area contributed by atoms with Crippen LogP contribution in [0.15, 0.2) is 133 Å². The Kier molecular flexibility index (Phi) is 10.5. The number of allylic oxidation sites excluding steroid dienone is 4. The summed E-state index contributed by atoms with van der Waals surface area (Å²) in [6.07, 6.45) is 4.78. The summed E-state index contributed by atoms with van der Waals surface area (Å²) in [7, 11) is -10.2. The van der Waals surface area contributed by atoms with Crippen molar-refractivity contribution in [1.29, 1.82) is 0 Å². The van der Waals surface area contributed by atoms with Gasteiger partial charge in [0.25, 0.3) is 20.2 Å². The fraction of sp³-hybridized carbons (Fsp3) is 0.0270. The van der Waals surface area contributed by atoms with E-state index < -0.39 is 71.0 Å². The fourth-order valence-corrected chi connectivity index (χ4v) is 7.12. The Morgan fingerprint density at radius 1 is 0.831 bits per heavy atom. The van der Waals surface area contributed by atoms with Crippen molar-refractivity contribution in [2.75, 3.05) is 23.1 Å². The molecule has 298 valence electrons. The summed E-state index contributed by atoms with van der Waals surface area (Å²) in [5.41, 5.74) is 12.5. The van der Waals surface area contributed by atoms with Crippen LogP contribution in [0.1, 0.15) is 15.9 Å². The van der Waals surface area contributed by atoms with Gasteiger partial charge < -0.3 is 21.1 Å². The van der Waals surface area contributed by atoms with Crippen molar-refractivity contribution in [3.8, 4) is 11.4 Å². The molecule has 1 aromatic heterocycles. The highest BCUT2D eigenvalue weighted by atomic mass is 32.2. The van der Waals surface area contributed by atoms with Crippen LogP contribution in [-0.4, -0.2) is 76.5 Å². The van der Waals surface area contributed by atoms with Crippen LogP contribution in [0.2, 0.25) is 0 Å². The van der Waals surface area contributed by atoms with Gasteiger partial charge in [-0.25, -0.2) is 4.98 Å². The highest BCUT2D eigenvalue weighted by Crippen LogP contribution is 2.41. The third-order valence-electron chi connectivity index (χ3n) is 8.51. The minimum absolute atomic E-state index is 0.188. The summed E-state index contributed by atoms with van der Waals surface area (Å²) in [5.74, 6) is -2.07. The van der Waals surface area contributed by atoms with Crippen LogP contribution < -0.4 is 21.9 Å². The van der Waals surface area contributed by atoms with Crippen LogP contribution in [0.3, 0.4) is 0 Å². The number of hydrogen-bond donors (Lipinski definition) is 8. The monoisotopic (exact) mass is 836 g/mol. The molecule has 0 fully saturated rings. The molecule has 9 N–H and O–H groups in total. The van der Waals surface area contributed by atoms with E-state index in [1.54, 1.807) is 60.7 Å². The lowest BCUT2D eigenvalue weighted by Crippen LogP contribution is -2.28. The number of nitrogens with two attached hydrogens (primary N) is 1. The quantitative estimate of drug-likeness (QED) is 0.0274. The Balaban J connectivity index is 1.15. The number of fused-ring (bicyclic) bond motifs is 2. The third kappa shape index (κ3) is 8.69. The molecular formula is C37H28N10O10S2. The van der Waals surface area contributed by atoms with Gasteiger partial charge in [-0.3, -0.25) is 34.3 Å². The molecule has 4 aromatic carbocycles. The summed E-state index contributed by atoms with van der Waals surface area (Å²) in [4.78, 5) is 42.5. The van der Waals surface area contributed by atoms with E-state index in [9.17, 15) is 40.3 Å². The summed E-state index contributed by atoms with van der Waals surface area (Å²) in [6, 6.07) is 20.4. The van der Waals surface area contributed by atoms with Crippen LogP contribution in [-0.2, 0) is 29.8 Å². The van der Waals surface area contributed by atoms with E-state index in [-0.39, 0.29) is 22.7 Å². The highest BCUT2D eigenvalue weighted by Gasteiger charge is 2.37. The Morgan fingerprint density at radius 3 is 2.25 bits per heavy atom. The van der Waals surface area contributed by atoms with Gasteiger partial charge in [-0.2, -0.15) is 32.2 Å². The van der Waals surface area contributed by atoms with E-state index in [0.717, 1.165) is 12.1 Å². The molecule has 59 heavy (non-hydrogen) atoms. The number of nitrogens with one attached hydrogen (secondary N) is 4. The second-order valence-electron chi connectivity index (χ2n) is 12.5. The molecule has 0 saturated heterocycles. The zero-order valence-corrected chi connectivity index (χ0v) is 31.5. The lowest BCUT2D eigenvalue weighted by Gasteiger charge is -2.20. The second kappa shape index (κ2) is 15.7. The van der Waals surface area contributed by atoms with Crippen molar-refractivity contribution in [1.82, 2.24) is 15.3 Å². The Morgan fingerprint density at radius 2 is 1.56 bits per heavy atom. The number of imidazole rings is 1. The first-order valence-electron chi connectivity index (χ1n) is 16.9. The van der Waals surface area contributed by atoms with Crippen molar-refractivity contribution < 1.29 is 45.4 Å². The fourth-order valence-electron chi connectivity index (χ4n) is 5.79. The van der Waals surface area contributed by atoms with Gasteiger partial charge in [0.2, 0.25) is 5.78 Å². The number of anilines is 3. The number of Topliss-reactive ketones (excluding diaryl/α,β-unsaturated/α-hetero) is 1. The number of carbonyl (C=O) groups is 3. The Bertz CT molecular complexity index is 3010. The molecule has 0 amide bonds. The number of hydrazone groups is 2. The van der Waals surface area contributed by atoms with Gasteiger partial charge in [0, 0.05) is 11.6 Å². The van der Waals surface area contributed by atoms with Gasteiger partial charge in [0.15, 0.2) is 11.5 Å². The minimum atomic E-state index is -5.09. The summed E-state index contributed by atoms with van der Waals surface area (Å²) in [5, 5.41) is 27.9. The second-order valence-corrected chi connectivity index (χ2v) is 15.3. The molecule has 1 heterocycles. The van der Waals surface area contributed by atoms with E-state index in [0.29, 0.717) is 39.5 Å². The predicted molar refractivity (Wildman–Crippen MR) is 217 cm³/mol. The number of H-pyrrole nitrogens is 1. The van der Waals surface area contributed by atoms with Crippen molar-refractivity contribution in [2.24, 2.45) is 20.4 Å². The molecule has 0 unspecified atom stereocenters. The van der Waals surface area contributed by atoms with E-state index >= 15 is 0 Å². The number of aliphatic carboxylic acids is 1. The van der Waals surface area contributed by atoms with Gasteiger partial charge >= 0.3 is 5.97 Å². The molecule has 0 spiro atoms. The maximum atomic E-state index is 13.7. The van der Waals surface area contributed by atoms with Gasteiger partial charge in [-0.1, -0.05) is 18.2 Å². The van der Waals surface area contributed by atoms with Gasteiger partial charge in [0.1, 0.15) is 33.6 Å². The van der Waals surface area contributed by atoms with Crippen molar-refractivity contribution in [3.63, 3.8) is 0 Å². The first kappa shape index (κ1) is 39.6. The minimum Gasteiger partial charge on any atom is -0.480 e. The number of azo groups is 1. The standard InChI is InChI=1S/C37H28N10O10S2/c38-33-32-20(15-30(59(55,56)57)35(36(32)51)47-42-21-4-2-1-3-5-21)14-29(58(52,53)54)34(33)46-43-22-8-6-19(7-9-22)37-40-25-12-10-23(16-28(25)41-37)44-45-26-13-11-24(48)17-27(26)39-18-31(49)50/h1-17,39,42,44H,18,38H2,(H,40,41)(H,49,50)(H,52,53,54)(H,55,56,57)/b45-26-,46-43?,47-35+. The molecule has 0 aliphatic heterocycles. The average molecular weight is 837 g/mol. The third-order valence-corrected chi connectivity index (χ3v) is 10.2. The number of nitrogen functional groups attached to an aromatic ring is 1. The molecule has 2 aliphatic carbocycles. The van der Waals surface area contributed by atoms with Crippen LogP contribution in [0.25, 0.3) is 28.5 Å². The molecule has 0 saturated carbocycles. The van der Waals surface area contributed by atoms with Crippen LogP contribution >= 0.6 is 0 Å². The molecular weight excluding hydrogens is 809 g/mol. The highest BCUT2D eigenvalue weighted by molar-refractivity contribution is 7.91. The lowest BCUT2D eigenvalue weighted by molar-refractivity contribution is -0.135. The van der Waals surface area contributed by atoms with Crippen LogP contribution in [0.4, 0.5) is 28.4 Å². The molecule has 0 bridgehead atoms. The van der Waals surface area contributed by atoms with Crippen molar-refractivity contribution in [3.05, 3.63) is 119 Å². The Hall–Kier alpha value is -7.66. The first-order chi connectivity index (χ1) is 28.0. The number of nitrogens with zero attached hydrogens (tertiary/aromatic N) is 5. The molecule has 0 atom stereocenters. The number of rotatable bonds is 12. The molecule has 0 radical (unpaired) electrons. The zero-order valence-electron chi connectivity index (χ0n) is 29.9. The maximum Gasteiger partial charge on any atom is 0.322 e. The normalized spacial score (nSPS) is 15.7. The van der Waals surface area contributed by atoms with E-state index in [4.69, 9.17) is 10.8 Å². The predicted octanol–water partition coefficient (Wildman–Crippen LogP) is 4.83. The largest absolute Gasteiger partial charge is 0.480 e. The SMILES string of the molecule is Nc1c(N=Nc2ccc(-c3nc4ccc(N/N=C5/C=CC(=O)C=C5NCC(=O)O)cc4[nH]3)cc2)c(S(=O)(=O)O)cc2c1C(=O)/C(=N/Nc1ccccc1)C(S(=O)(=O)O)=C2. The maximum absolute atomic E-state index is 13.7. The number of aromatic amines is 1. The number of benzene rings is 4. The van der Waals surface area contributed by atoms with Gasteiger partial charge in [0.05, 0.1) is 45.0 Å². The zero-order chi connectivity index (χ0) is 42.1. The van der Waals surface area contributed by atoms with Gasteiger partial charge in [-0.15, -0.1) is 5.11 Å². The average Bonchev–Trinajstić information content (AvgIpc) is 3.62. The molecule has 7 rings (SSSR count). The van der Waals surface area contributed by atoms with Crippen LogP contribution in [0.5, 0.6) is 0 Å².